The Morgan fingerprint density at radius 2 is 2.11 bits per heavy atom. The molecule has 0 aliphatic carbocycles. The molecule has 1 amide bonds. The van der Waals surface area contributed by atoms with Crippen LogP contribution in [0, 0.1) is 0 Å². The number of carbonyl (C=O) groups is 1. The number of hydrogen-bond donors (Lipinski definition) is 0. The van der Waals surface area contributed by atoms with Crippen LogP contribution in [0.5, 0.6) is 0 Å². The summed E-state index contributed by atoms with van der Waals surface area (Å²) in [5.41, 5.74) is 0.786. The summed E-state index contributed by atoms with van der Waals surface area (Å²) < 4.78 is 38.4. The van der Waals surface area contributed by atoms with Crippen molar-refractivity contribution in [3.8, 4) is 0 Å². The highest BCUT2D eigenvalue weighted by Crippen LogP contribution is 2.50. The molecule has 3 rings (SSSR count). The highest BCUT2D eigenvalue weighted by molar-refractivity contribution is 6.09. The summed E-state index contributed by atoms with van der Waals surface area (Å²) in [6.07, 6.45) is -3.80. The Labute approximate surface area is 109 Å². The number of halogens is 3. The lowest BCUT2D eigenvalue weighted by Gasteiger charge is -2.26. The maximum atomic E-state index is 12.8. The van der Waals surface area contributed by atoms with Crippen LogP contribution in [0.15, 0.2) is 18.2 Å². The van der Waals surface area contributed by atoms with Crippen molar-refractivity contribution in [1.29, 1.82) is 0 Å². The van der Waals surface area contributed by atoms with Crippen LogP contribution in [0.25, 0.3) is 0 Å². The third kappa shape index (κ3) is 1.75. The number of aryl methyl sites for hydroxylation is 1. The number of hydrogen-bond acceptors (Lipinski definition) is 1. The SMILES string of the molecule is C[C@@]1(CC(F)(F)F)C(=O)N2CCCc3cccc1c32. The third-order valence-electron chi connectivity index (χ3n) is 4.08. The topological polar surface area (TPSA) is 20.3 Å². The molecule has 2 aliphatic heterocycles. The van der Waals surface area contributed by atoms with Gasteiger partial charge in [-0.1, -0.05) is 18.2 Å². The quantitative estimate of drug-likeness (QED) is 0.766. The Bertz CT molecular complexity index is 552. The van der Waals surface area contributed by atoms with Crippen LogP contribution in [-0.2, 0) is 16.6 Å². The zero-order valence-electron chi connectivity index (χ0n) is 10.5. The van der Waals surface area contributed by atoms with Crippen molar-refractivity contribution >= 4 is 11.6 Å². The Morgan fingerprint density at radius 1 is 1.37 bits per heavy atom. The van der Waals surface area contributed by atoms with E-state index in [1.165, 1.54) is 6.92 Å². The van der Waals surface area contributed by atoms with Crippen molar-refractivity contribution in [1.82, 2.24) is 0 Å². The van der Waals surface area contributed by atoms with Crippen LogP contribution < -0.4 is 4.90 Å². The van der Waals surface area contributed by atoms with Gasteiger partial charge in [0.25, 0.3) is 0 Å². The molecular weight excluding hydrogens is 255 g/mol. The molecule has 1 aromatic rings. The van der Waals surface area contributed by atoms with Gasteiger partial charge in [-0.15, -0.1) is 0 Å². The van der Waals surface area contributed by atoms with Crippen LogP contribution in [-0.4, -0.2) is 18.6 Å². The lowest BCUT2D eigenvalue weighted by atomic mass is 9.80. The Balaban J connectivity index is 2.16. The van der Waals surface area contributed by atoms with E-state index in [1.54, 1.807) is 17.0 Å². The van der Waals surface area contributed by atoms with Crippen molar-refractivity contribution in [2.24, 2.45) is 0 Å². The van der Waals surface area contributed by atoms with Gasteiger partial charge in [0.2, 0.25) is 5.91 Å². The molecule has 1 aromatic carbocycles. The average molecular weight is 269 g/mol. The first kappa shape index (κ1) is 12.5. The number of alkyl halides is 3. The average Bonchev–Trinajstić information content (AvgIpc) is 2.52. The second kappa shape index (κ2) is 3.74. The molecule has 0 unspecified atom stereocenters. The molecular formula is C14H14F3NO. The van der Waals surface area contributed by atoms with E-state index in [0.29, 0.717) is 12.1 Å². The van der Waals surface area contributed by atoms with Crippen molar-refractivity contribution in [2.45, 2.75) is 37.8 Å². The predicted octanol–water partition coefficient (Wildman–Crippen LogP) is 3.19. The molecule has 2 nitrogen and oxygen atoms in total. The lowest BCUT2D eigenvalue weighted by molar-refractivity contribution is -0.155. The van der Waals surface area contributed by atoms with Gasteiger partial charge < -0.3 is 4.90 Å². The van der Waals surface area contributed by atoms with E-state index < -0.39 is 23.9 Å². The molecule has 0 radical (unpaired) electrons. The number of benzene rings is 1. The molecule has 19 heavy (non-hydrogen) atoms. The molecule has 5 heteroatoms. The second-order valence-electron chi connectivity index (χ2n) is 5.50. The molecule has 2 heterocycles. The minimum atomic E-state index is -4.35. The Morgan fingerprint density at radius 3 is 2.79 bits per heavy atom. The van der Waals surface area contributed by atoms with E-state index in [4.69, 9.17) is 0 Å². The fourth-order valence-electron chi connectivity index (χ4n) is 3.28. The minimum absolute atomic E-state index is 0.410. The summed E-state index contributed by atoms with van der Waals surface area (Å²) in [5, 5.41) is 0. The summed E-state index contributed by atoms with van der Waals surface area (Å²) in [6.45, 7) is 1.94. The smallest absolute Gasteiger partial charge is 0.311 e. The number of rotatable bonds is 1. The van der Waals surface area contributed by atoms with Gasteiger partial charge in [-0.3, -0.25) is 4.79 Å². The number of para-hydroxylation sites is 1. The normalized spacial score (nSPS) is 25.7. The first-order chi connectivity index (χ1) is 8.83. The van der Waals surface area contributed by atoms with Gasteiger partial charge in [0.1, 0.15) is 0 Å². The molecule has 0 aromatic heterocycles. The minimum Gasteiger partial charge on any atom is -0.311 e. The molecule has 0 spiro atoms. The van der Waals surface area contributed by atoms with Crippen LogP contribution in [0.1, 0.15) is 30.9 Å². The highest BCUT2D eigenvalue weighted by atomic mass is 19.4. The number of nitrogens with zero attached hydrogens (tertiary/aromatic N) is 1. The molecule has 0 bridgehead atoms. The molecule has 2 aliphatic rings. The zero-order chi connectivity index (χ0) is 13.8. The molecule has 0 saturated carbocycles. The molecule has 0 saturated heterocycles. The van der Waals surface area contributed by atoms with E-state index in [-0.39, 0.29) is 0 Å². The Hall–Kier alpha value is -1.52. The molecule has 0 fully saturated rings. The third-order valence-corrected chi connectivity index (χ3v) is 4.08. The van der Waals surface area contributed by atoms with E-state index in [2.05, 4.69) is 0 Å². The van der Waals surface area contributed by atoms with Crippen LogP contribution in [0.4, 0.5) is 18.9 Å². The van der Waals surface area contributed by atoms with Gasteiger partial charge in [0.05, 0.1) is 17.5 Å². The van der Waals surface area contributed by atoms with E-state index in [0.717, 1.165) is 24.1 Å². The summed E-state index contributed by atoms with van der Waals surface area (Å²) in [6, 6.07) is 5.32. The first-order valence-electron chi connectivity index (χ1n) is 6.34. The van der Waals surface area contributed by atoms with Gasteiger partial charge >= 0.3 is 6.18 Å². The lowest BCUT2D eigenvalue weighted by Crippen LogP contribution is -2.42. The number of amides is 1. The van der Waals surface area contributed by atoms with Crippen molar-refractivity contribution in [2.75, 3.05) is 11.4 Å². The molecule has 102 valence electrons. The van der Waals surface area contributed by atoms with E-state index in [1.807, 2.05) is 6.07 Å². The summed E-state index contributed by atoms with van der Waals surface area (Å²) in [4.78, 5) is 13.9. The first-order valence-corrected chi connectivity index (χ1v) is 6.34. The Kier molecular flexibility index (Phi) is 2.46. The van der Waals surface area contributed by atoms with Crippen LogP contribution >= 0.6 is 0 Å². The fraction of sp³-hybridized carbons (Fsp3) is 0.500. The van der Waals surface area contributed by atoms with Crippen LogP contribution in [0.3, 0.4) is 0 Å². The van der Waals surface area contributed by atoms with E-state index in [9.17, 15) is 18.0 Å². The standard InChI is InChI=1S/C14H14F3NO/c1-13(8-14(15,16)17)10-6-2-4-9-5-3-7-18(11(9)10)12(13)19/h2,4,6H,3,5,7-8H2,1H3/t13-/m0/s1. The van der Waals surface area contributed by atoms with Crippen molar-refractivity contribution in [3.63, 3.8) is 0 Å². The van der Waals surface area contributed by atoms with Crippen molar-refractivity contribution in [3.05, 3.63) is 29.3 Å². The summed E-state index contributed by atoms with van der Waals surface area (Å²) >= 11 is 0. The molecule has 1 atom stereocenters. The number of carbonyl (C=O) groups excluding carboxylic acids is 1. The summed E-state index contributed by atoms with van der Waals surface area (Å²) in [5.74, 6) is -0.410. The van der Waals surface area contributed by atoms with Gasteiger partial charge in [-0.2, -0.15) is 13.2 Å². The number of anilines is 1. The molecule has 0 N–H and O–H groups in total. The zero-order valence-corrected chi connectivity index (χ0v) is 10.5. The maximum Gasteiger partial charge on any atom is 0.390 e. The van der Waals surface area contributed by atoms with Gasteiger partial charge in [-0.25, -0.2) is 0 Å². The largest absolute Gasteiger partial charge is 0.390 e. The maximum absolute atomic E-state index is 12.8. The van der Waals surface area contributed by atoms with Gasteiger partial charge in [0, 0.05) is 6.54 Å². The monoisotopic (exact) mass is 269 g/mol. The highest BCUT2D eigenvalue weighted by Gasteiger charge is 2.53. The summed E-state index contributed by atoms with van der Waals surface area (Å²) in [7, 11) is 0. The van der Waals surface area contributed by atoms with Crippen molar-refractivity contribution < 1.29 is 18.0 Å². The van der Waals surface area contributed by atoms with Gasteiger partial charge in [0.15, 0.2) is 0 Å². The predicted molar refractivity (Wildman–Crippen MR) is 65.1 cm³/mol. The second-order valence-corrected chi connectivity index (χ2v) is 5.50. The fourth-order valence-corrected chi connectivity index (χ4v) is 3.28. The van der Waals surface area contributed by atoms with Crippen LogP contribution in [0.2, 0.25) is 0 Å². The van der Waals surface area contributed by atoms with Gasteiger partial charge in [-0.05, 0) is 30.9 Å². The van der Waals surface area contributed by atoms with E-state index >= 15 is 0 Å².